The van der Waals surface area contributed by atoms with Gasteiger partial charge in [0.25, 0.3) is 0 Å². The number of nitro groups is 1. The summed E-state index contributed by atoms with van der Waals surface area (Å²) >= 11 is 1.99. The van der Waals surface area contributed by atoms with Crippen LogP contribution in [0, 0.1) is 10.1 Å². The average Bonchev–Trinajstić information content (AvgIpc) is 0.811. The summed E-state index contributed by atoms with van der Waals surface area (Å²) in [6.45, 7) is 0. The molecular weight excluding hydrogens is 102 g/mol. The summed E-state index contributed by atoms with van der Waals surface area (Å²) in [5, 5.41) is 8.72. The van der Waals surface area contributed by atoms with E-state index in [2.05, 4.69) is 0 Å². The molecule has 0 rings (SSSR count). The van der Waals surface area contributed by atoms with E-state index in [0.717, 1.165) is 0 Å². The second-order valence-corrected chi connectivity index (χ2v) is 0.644. The first kappa shape index (κ1) is 3.92. The normalized spacial score (nSPS) is 6.25. The van der Waals surface area contributed by atoms with Crippen molar-refractivity contribution < 1.29 is 20.2 Å². The van der Waals surface area contributed by atoms with Gasteiger partial charge in [-0.05, 0) is 0 Å². The standard InChI is InChI=1S/Fe.NO2.H/c;2-1-3;/q+2;;. The fourth-order valence-corrected chi connectivity index (χ4v) is 0. The van der Waals surface area contributed by atoms with Crippen molar-refractivity contribution in [3.05, 3.63) is 10.1 Å². The third-order valence-electron chi connectivity index (χ3n) is 0. The topological polar surface area (TPSA) is 43.1 Å². The number of rotatable bonds is 0. The van der Waals surface area contributed by atoms with E-state index in [4.69, 9.17) is 10.1 Å². The molecule has 0 heterocycles. The van der Waals surface area contributed by atoms with Crippen molar-refractivity contribution in [3.8, 4) is 0 Å². The van der Waals surface area contributed by atoms with Crippen LogP contribution in [-0.2, 0) is 16.2 Å². The van der Waals surface area contributed by atoms with Crippen LogP contribution in [0.15, 0.2) is 0 Å². The van der Waals surface area contributed by atoms with Gasteiger partial charge in [0, 0.05) is 0 Å². The molecule has 0 spiro atoms. The molecule has 0 amide bonds. The zero-order valence-electron chi connectivity index (χ0n) is 1.64. The van der Waals surface area contributed by atoms with Crippen LogP contribution in [-0.4, -0.2) is 3.94 Å². The molecular formula is HFeNO2+2. The Bertz CT molecular complexity index is 29.0. The predicted molar refractivity (Wildman–Crippen MR) is 8.39 cm³/mol. The number of hydrogen-bond acceptors (Lipinski definition) is 2. The molecule has 0 saturated heterocycles. The number of nitrogens with zero attached hydrogens (tertiary/aromatic N) is 1. The zero-order valence-corrected chi connectivity index (χ0v) is 2.82. The Labute approximate surface area is 31.2 Å². The molecule has 0 aromatic heterocycles. The molecule has 0 aromatic carbocycles. The molecule has 3 nitrogen and oxygen atoms in total. The quantitative estimate of drug-likeness (QED) is 0.234. The fraction of sp³-hybridized carbons (Fsp3) is 0. The van der Waals surface area contributed by atoms with Gasteiger partial charge in [-0.3, -0.25) is 0 Å². The molecule has 24 valence electrons. The minimum absolute atomic E-state index is 0.688. The Kier molecular flexibility index (Phi) is 1.24. The van der Waals surface area contributed by atoms with Gasteiger partial charge in [0.15, 0.2) is 0 Å². The Morgan fingerprint density at radius 1 is 2.00 bits per heavy atom. The summed E-state index contributed by atoms with van der Waals surface area (Å²) in [6, 6.07) is 0. The van der Waals surface area contributed by atoms with Crippen LogP contribution < -0.4 is 0 Å². The van der Waals surface area contributed by atoms with Crippen molar-refractivity contribution >= 4 is 0 Å². The molecule has 0 N–H and O–H groups in total. The molecule has 0 radical (unpaired) electrons. The summed E-state index contributed by atoms with van der Waals surface area (Å²) in [7, 11) is 0. The molecule has 0 atom stereocenters. The molecule has 0 bridgehead atoms. The molecule has 0 fully saturated rings. The van der Waals surface area contributed by atoms with Gasteiger partial charge in [-0.15, -0.1) is 0 Å². The molecule has 0 aromatic rings. The van der Waals surface area contributed by atoms with E-state index >= 15 is 0 Å². The van der Waals surface area contributed by atoms with Crippen molar-refractivity contribution in [1.29, 1.82) is 0 Å². The van der Waals surface area contributed by atoms with Crippen LogP contribution in [0.5, 0.6) is 0 Å². The first-order valence-corrected chi connectivity index (χ1v) is 1.06. The number of hydrogen-bond donors (Lipinski definition) is 0. The second kappa shape index (κ2) is 1.26. The first-order valence-electron chi connectivity index (χ1n) is 0.534. The molecule has 4 heteroatoms. The van der Waals surface area contributed by atoms with Gasteiger partial charge in [0.2, 0.25) is 0 Å². The van der Waals surface area contributed by atoms with Crippen molar-refractivity contribution in [1.82, 2.24) is 0 Å². The van der Waals surface area contributed by atoms with Gasteiger partial charge >= 0.3 is 30.3 Å². The van der Waals surface area contributed by atoms with E-state index in [9.17, 15) is 0 Å². The Balaban J connectivity index is 2.80. The summed E-state index contributed by atoms with van der Waals surface area (Å²) in [5.41, 5.74) is 0. The average molecular weight is 103 g/mol. The van der Waals surface area contributed by atoms with Gasteiger partial charge < -0.3 is 0 Å². The van der Waals surface area contributed by atoms with Gasteiger partial charge in [0.05, 0.1) is 0 Å². The summed E-state index contributed by atoms with van der Waals surface area (Å²) in [6.07, 6.45) is 0. The molecule has 0 saturated carbocycles. The maximum atomic E-state index is 8.72. The summed E-state index contributed by atoms with van der Waals surface area (Å²) in [5.74, 6) is 0. The van der Waals surface area contributed by atoms with Crippen LogP contribution in [0.4, 0.5) is 0 Å². The van der Waals surface area contributed by atoms with Crippen molar-refractivity contribution in [3.63, 3.8) is 0 Å². The van der Waals surface area contributed by atoms with E-state index in [1.54, 1.807) is 0 Å². The van der Waals surface area contributed by atoms with Crippen LogP contribution in [0.2, 0.25) is 0 Å². The summed E-state index contributed by atoms with van der Waals surface area (Å²) < 4.78 is -0.688. The minimum atomic E-state index is -0.688. The first-order chi connectivity index (χ1) is 1.73. The maximum absolute atomic E-state index is 8.72. The van der Waals surface area contributed by atoms with Crippen LogP contribution in [0.25, 0.3) is 0 Å². The van der Waals surface area contributed by atoms with Gasteiger partial charge in [-0.1, -0.05) is 0 Å². The van der Waals surface area contributed by atoms with Crippen molar-refractivity contribution in [2.24, 2.45) is 0 Å². The fourth-order valence-electron chi connectivity index (χ4n) is 0. The van der Waals surface area contributed by atoms with Crippen molar-refractivity contribution in [2.45, 2.75) is 0 Å². The molecule has 0 aliphatic heterocycles. The van der Waals surface area contributed by atoms with Crippen LogP contribution >= 0.6 is 0 Å². The van der Waals surface area contributed by atoms with E-state index in [0.29, 0.717) is 0 Å². The van der Waals surface area contributed by atoms with E-state index in [1.807, 2.05) is 16.2 Å². The summed E-state index contributed by atoms with van der Waals surface area (Å²) in [4.78, 5) is 8.72. The third-order valence-corrected chi connectivity index (χ3v) is 0. The third kappa shape index (κ3) is 250. The SMILES string of the molecule is O=[N+]([O-])[FeH+2]. The van der Waals surface area contributed by atoms with Gasteiger partial charge in [0.1, 0.15) is 0 Å². The van der Waals surface area contributed by atoms with Gasteiger partial charge in [-0.2, -0.15) is 0 Å². The van der Waals surface area contributed by atoms with E-state index in [1.165, 1.54) is 0 Å². The Morgan fingerprint density at radius 3 is 2.00 bits per heavy atom. The van der Waals surface area contributed by atoms with Gasteiger partial charge in [-0.25, -0.2) is 0 Å². The van der Waals surface area contributed by atoms with Crippen LogP contribution in [0.3, 0.4) is 0 Å². The monoisotopic (exact) mass is 103 g/mol. The molecule has 0 unspecified atom stereocenters. The molecule has 4 heavy (non-hydrogen) atoms. The van der Waals surface area contributed by atoms with E-state index in [-0.39, 0.29) is 0 Å². The second-order valence-electron chi connectivity index (χ2n) is 0.213. The zero-order chi connectivity index (χ0) is 3.58. The van der Waals surface area contributed by atoms with Crippen LogP contribution in [0.1, 0.15) is 0 Å². The molecule has 0 aliphatic carbocycles. The van der Waals surface area contributed by atoms with Crippen molar-refractivity contribution in [2.75, 3.05) is 0 Å². The van der Waals surface area contributed by atoms with E-state index < -0.39 is 3.94 Å². The molecule has 0 aliphatic rings. The Morgan fingerprint density at radius 2 is 2.00 bits per heavy atom. The Hall–Kier alpha value is -0.0805. The predicted octanol–water partition coefficient (Wildman–Crippen LogP) is -0.543.